The lowest BCUT2D eigenvalue weighted by molar-refractivity contribution is 0.258. The maximum Gasteiger partial charge on any atom is 0.252 e. The average Bonchev–Trinajstić information content (AvgIpc) is 2.88. The van der Waals surface area contributed by atoms with Gasteiger partial charge in [-0.1, -0.05) is 27.2 Å². The second-order valence-corrected chi connectivity index (χ2v) is 9.57. The molecule has 0 bridgehead atoms. The second-order valence-electron chi connectivity index (χ2n) is 6.37. The molecular weight excluding hydrogens is 292 g/mol. The van der Waals surface area contributed by atoms with Crippen LogP contribution in [0.5, 0.6) is 0 Å². The third-order valence-electron chi connectivity index (χ3n) is 3.73. The van der Waals surface area contributed by atoms with Crippen molar-refractivity contribution in [2.75, 3.05) is 13.1 Å². The Morgan fingerprint density at radius 3 is 2.60 bits per heavy atom. The molecule has 1 saturated heterocycles. The SMILES string of the molecule is CC(C)(C)c1ccc(S(=O)(=O)N2CCCCC2CN)s1. The Bertz CT molecular complexity index is 558. The highest BCUT2D eigenvalue weighted by atomic mass is 32.2. The molecule has 0 aliphatic carbocycles. The number of rotatable bonds is 3. The number of thiophene rings is 1. The summed E-state index contributed by atoms with van der Waals surface area (Å²) in [5, 5.41) is 0. The van der Waals surface area contributed by atoms with Crippen LogP contribution in [0.25, 0.3) is 0 Å². The van der Waals surface area contributed by atoms with E-state index in [0.29, 0.717) is 17.3 Å². The highest BCUT2D eigenvalue weighted by molar-refractivity contribution is 7.91. The van der Waals surface area contributed by atoms with Crippen molar-refractivity contribution in [2.24, 2.45) is 5.73 Å². The van der Waals surface area contributed by atoms with Crippen molar-refractivity contribution in [2.45, 2.75) is 55.7 Å². The molecule has 0 aromatic carbocycles. The van der Waals surface area contributed by atoms with Crippen LogP contribution in [0, 0.1) is 0 Å². The van der Waals surface area contributed by atoms with Crippen LogP contribution in [0.4, 0.5) is 0 Å². The van der Waals surface area contributed by atoms with E-state index in [1.807, 2.05) is 6.07 Å². The number of sulfonamides is 1. The van der Waals surface area contributed by atoms with Crippen molar-refractivity contribution in [1.29, 1.82) is 0 Å². The van der Waals surface area contributed by atoms with Gasteiger partial charge in [0, 0.05) is 24.0 Å². The molecule has 0 spiro atoms. The number of nitrogens with zero attached hydrogens (tertiary/aromatic N) is 1. The van der Waals surface area contributed by atoms with E-state index in [1.165, 1.54) is 11.3 Å². The standard InChI is InChI=1S/C14H24N2O2S2/c1-14(2,3)12-7-8-13(19-12)20(17,18)16-9-5-4-6-11(16)10-15/h7-8,11H,4-6,9-10,15H2,1-3H3. The summed E-state index contributed by atoms with van der Waals surface area (Å²) in [6.07, 6.45) is 2.85. The first-order valence-electron chi connectivity index (χ1n) is 7.09. The zero-order valence-electron chi connectivity index (χ0n) is 12.4. The Morgan fingerprint density at radius 1 is 1.35 bits per heavy atom. The topological polar surface area (TPSA) is 63.4 Å². The Hall–Kier alpha value is -0.430. The van der Waals surface area contributed by atoms with E-state index in [2.05, 4.69) is 20.8 Å². The Kier molecular flexibility index (Phi) is 4.59. The van der Waals surface area contributed by atoms with Crippen molar-refractivity contribution < 1.29 is 8.42 Å². The van der Waals surface area contributed by atoms with Crippen molar-refractivity contribution >= 4 is 21.4 Å². The highest BCUT2D eigenvalue weighted by Crippen LogP contribution is 2.34. The number of hydrogen-bond acceptors (Lipinski definition) is 4. The monoisotopic (exact) mass is 316 g/mol. The van der Waals surface area contributed by atoms with Crippen molar-refractivity contribution in [3.8, 4) is 0 Å². The molecule has 1 atom stereocenters. The minimum atomic E-state index is -3.39. The predicted octanol–water partition coefficient (Wildman–Crippen LogP) is 2.55. The molecular formula is C14H24N2O2S2. The summed E-state index contributed by atoms with van der Waals surface area (Å²) >= 11 is 1.38. The molecule has 1 unspecified atom stereocenters. The van der Waals surface area contributed by atoms with Gasteiger partial charge in [-0.3, -0.25) is 0 Å². The summed E-state index contributed by atoms with van der Waals surface area (Å²) in [4.78, 5) is 1.09. The maximum atomic E-state index is 12.8. The smallest absolute Gasteiger partial charge is 0.252 e. The van der Waals surface area contributed by atoms with Crippen LogP contribution in [-0.4, -0.2) is 31.9 Å². The fraction of sp³-hybridized carbons (Fsp3) is 0.714. The normalized spacial score (nSPS) is 22.1. The lowest BCUT2D eigenvalue weighted by Gasteiger charge is -2.33. The van der Waals surface area contributed by atoms with E-state index in [1.54, 1.807) is 10.4 Å². The Balaban J connectivity index is 2.32. The van der Waals surface area contributed by atoms with Crippen LogP contribution in [0.1, 0.15) is 44.9 Å². The van der Waals surface area contributed by atoms with Crippen LogP contribution >= 0.6 is 11.3 Å². The molecule has 0 saturated carbocycles. The van der Waals surface area contributed by atoms with Crippen LogP contribution in [-0.2, 0) is 15.4 Å². The summed E-state index contributed by atoms with van der Waals surface area (Å²) in [5.41, 5.74) is 5.72. The van der Waals surface area contributed by atoms with Gasteiger partial charge in [0.05, 0.1) is 0 Å². The average molecular weight is 316 g/mol. The maximum absolute atomic E-state index is 12.8. The van der Waals surface area contributed by atoms with E-state index >= 15 is 0 Å². The summed E-state index contributed by atoms with van der Waals surface area (Å²) in [6.45, 7) is 7.28. The molecule has 1 fully saturated rings. The van der Waals surface area contributed by atoms with Gasteiger partial charge in [0.25, 0.3) is 10.0 Å². The molecule has 2 rings (SSSR count). The molecule has 2 N–H and O–H groups in total. The zero-order valence-corrected chi connectivity index (χ0v) is 14.1. The minimum Gasteiger partial charge on any atom is -0.329 e. The molecule has 2 heterocycles. The van der Waals surface area contributed by atoms with Gasteiger partial charge in [-0.25, -0.2) is 8.42 Å². The molecule has 1 aliphatic heterocycles. The first-order valence-corrected chi connectivity index (χ1v) is 9.34. The van der Waals surface area contributed by atoms with Crippen molar-refractivity contribution in [1.82, 2.24) is 4.31 Å². The molecule has 114 valence electrons. The van der Waals surface area contributed by atoms with Gasteiger partial charge >= 0.3 is 0 Å². The summed E-state index contributed by atoms with van der Waals surface area (Å²) in [5.74, 6) is 0. The zero-order chi connectivity index (χ0) is 15.0. The lowest BCUT2D eigenvalue weighted by Crippen LogP contribution is -2.47. The van der Waals surface area contributed by atoms with Gasteiger partial charge in [0.1, 0.15) is 4.21 Å². The first kappa shape index (κ1) is 15.9. The van der Waals surface area contributed by atoms with Gasteiger partial charge in [0.15, 0.2) is 0 Å². The highest BCUT2D eigenvalue weighted by Gasteiger charge is 2.34. The molecule has 0 amide bonds. The number of hydrogen-bond donors (Lipinski definition) is 1. The van der Waals surface area contributed by atoms with Gasteiger partial charge in [0.2, 0.25) is 0 Å². The van der Waals surface area contributed by atoms with E-state index in [9.17, 15) is 8.42 Å². The molecule has 20 heavy (non-hydrogen) atoms. The summed E-state index contributed by atoms with van der Waals surface area (Å²) in [6, 6.07) is 3.62. The lowest BCUT2D eigenvalue weighted by atomic mass is 9.95. The van der Waals surface area contributed by atoms with Crippen LogP contribution in [0.2, 0.25) is 0 Å². The number of nitrogens with two attached hydrogens (primary N) is 1. The van der Waals surface area contributed by atoms with Gasteiger partial charge in [-0.05, 0) is 30.4 Å². The first-order chi connectivity index (χ1) is 9.26. The summed E-state index contributed by atoms with van der Waals surface area (Å²) in [7, 11) is -3.39. The van der Waals surface area contributed by atoms with Crippen molar-refractivity contribution in [3.63, 3.8) is 0 Å². The number of piperidine rings is 1. The van der Waals surface area contributed by atoms with Crippen molar-refractivity contribution in [3.05, 3.63) is 17.0 Å². The summed E-state index contributed by atoms with van der Waals surface area (Å²) < 4.78 is 27.6. The van der Waals surface area contributed by atoms with Gasteiger partial charge in [-0.15, -0.1) is 11.3 Å². The third kappa shape index (κ3) is 3.08. The Morgan fingerprint density at radius 2 is 2.05 bits per heavy atom. The quantitative estimate of drug-likeness (QED) is 0.932. The van der Waals surface area contributed by atoms with Gasteiger partial charge < -0.3 is 5.73 Å². The molecule has 1 aromatic rings. The van der Waals surface area contributed by atoms with E-state index in [0.717, 1.165) is 24.1 Å². The fourth-order valence-corrected chi connectivity index (χ4v) is 5.70. The molecule has 4 nitrogen and oxygen atoms in total. The predicted molar refractivity (Wildman–Crippen MR) is 83.6 cm³/mol. The molecule has 6 heteroatoms. The fourth-order valence-electron chi connectivity index (χ4n) is 2.50. The van der Waals surface area contributed by atoms with Crippen LogP contribution < -0.4 is 5.73 Å². The van der Waals surface area contributed by atoms with E-state index in [4.69, 9.17) is 5.73 Å². The van der Waals surface area contributed by atoms with Gasteiger partial charge in [-0.2, -0.15) is 4.31 Å². The Labute approximate surface area is 126 Å². The van der Waals surface area contributed by atoms with Crippen LogP contribution in [0.3, 0.4) is 0 Å². The molecule has 1 aromatic heterocycles. The second kappa shape index (κ2) is 5.75. The molecule has 0 radical (unpaired) electrons. The molecule has 1 aliphatic rings. The largest absolute Gasteiger partial charge is 0.329 e. The van der Waals surface area contributed by atoms with Crippen LogP contribution in [0.15, 0.2) is 16.3 Å². The van der Waals surface area contributed by atoms with E-state index in [-0.39, 0.29) is 11.5 Å². The minimum absolute atomic E-state index is 0.0202. The van der Waals surface area contributed by atoms with E-state index < -0.39 is 10.0 Å². The third-order valence-corrected chi connectivity index (χ3v) is 7.66.